The highest BCUT2D eigenvalue weighted by atomic mass is 16.5. The van der Waals surface area contributed by atoms with E-state index >= 15 is 0 Å². The Morgan fingerprint density at radius 3 is 2.54 bits per heavy atom. The lowest BCUT2D eigenvalue weighted by atomic mass is 10.0. The summed E-state index contributed by atoms with van der Waals surface area (Å²) in [6.07, 6.45) is 0. The Bertz CT molecular complexity index is 1040. The highest BCUT2D eigenvalue weighted by Crippen LogP contribution is 2.31. The average Bonchev–Trinajstić information content (AvgIpc) is 3.02. The molecule has 1 heterocycles. The Kier molecular flexibility index (Phi) is 5.68. The fourth-order valence-corrected chi connectivity index (χ4v) is 3.14. The number of carbonyl (C=O) groups excluding carboxylic acids is 2. The van der Waals surface area contributed by atoms with Gasteiger partial charge in [0.1, 0.15) is 11.3 Å². The number of anilines is 1. The third-order valence-corrected chi connectivity index (χ3v) is 4.52. The van der Waals surface area contributed by atoms with E-state index in [1.807, 2.05) is 39.8 Å². The van der Waals surface area contributed by atoms with E-state index in [9.17, 15) is 9.59 Å². The molecule has 1 aromatic heterocycles. The molecule has 2 amide bonds. The van der Waals surface area contributed by atoms with Gasteiger partial charge in [0.25, 0.3) is 11.8 Å². The standard InChI is InChI=1S/C22H24N2O4/c1-5-23-18(25)12-27-17-8-6-7-16(11-17)24-22(26)21-15(4)19-13(2)9-10-14(3)20(19)28-21/h6-11H,5,12H2,1-4H3,(H,23,25)(H,24,26). The monoisotopic (exact) mass is 380 g/mol. The van der Waals surface area contributed by atoms with Crippen molar-refractivity contribution in [3.05, 3.63) is 58.8 Å². The maximum absolute atomic E-state index is 12.8. The molecule has 2 aromatic carbocycles. The van der Waals surface area contributed by atoms with Crippen LogP contribution in [-0.2, 0) is 4.79 Å². The molecule has 0 fully saturated rings. The first-order valence-corrected chi connectivity index (χ1v) is 9.21. The van der Waals surface area contributed by atoms with Crippen LogP contribution in [0.3, 0.4) is 0 Å². The first-order valence-electron chi connectivity index (χ1n) is 9.21. The van der Waals surface area contributed by atoms with Crippen LogP contribution in [0, 0.1) is 20.8 Å². The quantitative estimate of drug-likeness (QED) is 0.674. The molecule has 6 nitrogen and oxygen atoms in total. The van der Waals surface area contributed by atoms with Crippen molar-refractivity contribution in [1.82, 2.24) is 5.32 Å². The van der Waals surface area contributed by atoms with Crippen molar-refractivity contribution in [3.8, 4) is 5.75 Å². The van der Waals surface area contributed by atoms with Crippen LogP contribution in [0.2, 0.25) is 0 Å². The van der Waals surface area contributed by atoms with Gasteiger partial charge in [0.2, 0.25) is 0 Å². The first-order chi connectivity index (χ1) is 13.4. The van der Waals surface area contributed by atoms with Gasteiger partial charge >= 0.3 is 0 Å². The number of nitrogens with one attached hydrogen (secondary N) is 2. The van der Waals surface area contributed by atoms with Crippen molar-refractivity contribution >= 4 is 28.5 Å². The molecule has 28 heavy (non-hydrogen) atoms. The minimum atomic E-state index is -0.326. The van der Waals surface area contributed by atoms with E-state index in [0.717, 1.165) is 27.7 Å². The lowest BCUT2D eigenvalue weighted by Gasteiger charge is -2.09. The van der Waals surface area contributed by atoms with Gasteiger partial charge in [0.05, 0.1) is 0 Å². The van der Waals surface area contributed by atoms with Crippen LogP contribution < -0.4 is 15.4 Å². The number of aryl methyl sites for hydroxylation is 3. The van der Waals surface area contributed by atoms with Crippen molar-refractivity contribution in [2.75, 3.05) is 18.5 Å². The SMILES string of the molecule is CCNC(=O)COc1cccc(NC(=O)c2oc3c(C)ccc(C)c3c2C)c1. The molecular weight excluding hydrogens is 356 g/mol. The average molecular weight is 380 g/mol. The van der Waals surface area contributed by atoms with Crippen molar-refractivity contribution in [1.29, 1.82) is 0 Å². The molecule has 0 spiro atoms. The first kappa shape index (κ1) is 19.5. The van der Waals surface area contributed by atoms with Gasteiger partial charge in [0, 0.05) is 29.2 Å². The number of benzene rings is 2. The lowest BCUT2D eigenvalue weighted by molar-refractivity contribution is -0.122. The fourth-order valence-electron chi connectivity index (χ4n) is 3.14. The molecule has 6 heteroatoms. The zero-order chi connectivity index (χ0) is 20.3. The maximum atomic E-state index is 12.8. The number of carbonyl (C=O) groups is 2. The summed E-state index contributed by atoms with van der Waals surface area (Å²) in [5, 5.41) is 6.48. The van der Waals surface area contributed by atoms with Gasteiger partial charge < -0.3 is 19.8 Å². The smallest absolute Gasteiger partial charge is 0.291 e. The van der Waals surface area contributed by atoms with Gasteiger partial charge in [-0.3, -0.25) is 9.59 Å². The summed E-state index contributed by atoms with van der Waals surface area (Å²) in [4.78, 5) is 24.3. The zero-order valence-electron chi connectivity index (χ0n) is 16.5. The zero-order valence-corrected chi connectivity index (χ0v) is 16.5. The summed E-state index contributed by atoms with van der Waals surface area (Å²) in [5.74, 6) is 0.270. The molecule has 2 N–H and O–H groups in total. The Morgan fingerprint density at radius 1 is 1.07 bits per heavy atom. The second kappa shape index (κ2) is 8.17. The van der Waals surface area contributed by atoms with Crippen LogP contribution in [0.25, 0.3) is 11.0 Å². The Labute approximate surface area is 163 Å². The molecule has 0 saturated heterocycles. The summed E-state index contributed by atoms with van der Waals surface area (Å²) in [6.45, 7) is 8.17. The van der Waals surface area contributed by atoms with Crippen molar-refractivity contribution in [3.63, 3.8) is 0 Å². The highest BCUT2D eigenvalue weighted by Gasteiger charge is 2.20. The van der Waals surface area contributed by atoms with E-state index in [1.165, 1.54) is 0 Å². The number of ether oxygens (including phenoxy) is 1. The van der Waals surface area contributed by atoms with Crippen molar-refractivity contribution in [2.45, 2.75) is 27.7 Å². The molecule has 0 atom stereocenters. The molecule has 0 bridgehead atoms. The van der Waals surface area contributed by atoms with Crippen LogP contribution >= 0.6 is 0 Å². The number of fused-ring (bicyclic) bond motifs is 1. The van der Waals surface area contributed by atoms with E-state index in [1.54, 1.807) is 24.3 Å². The van der Waals surface area contributed by atoms with E-state index in [4.69, 9.17) is 9.15 Å². The largest absolute Gasteiger partial charge is 0.484 e. The number of amides is 2. The van der Waals surface area contributed by atoms with Crippen molar-refractivity contribution in [2.24, 2.45) is 0 Å². The molecule has 0 aliphatic rings. The topological polar surface area (TPSA) is 80.6 Å². The van der Waals surface area contributed by atoms with Crippen molar-refractivity contribution < 1.29 is 18.7 Å². The maximum Gasteiger partial charge on any atom is 0.291 e. The van der Waals surface area contributed by atoms with Gasteiger partial charge in [-0.05, 0) is 51.0 Å². The molecule has 3 aromatic rings. The third kappa shape index (κ3) is 4.01. The molecule has 0 unspecified atom stereocenters. The van der Waals surface area contributed by atoms with Gasteiger partial charge in [-0.2, -0.15) is 0 Å². The molecule has 0 aliphatic heterocycles. The second-order valence-corrected chi connectivity index (χ2v) is 6.68. The van der Waals surface area contributed by atoms with Gasteiger partial charge in [0.15, 0.2) is 12.4 Å². The summed E-state index contributed by atoms with van der Waals surface area (Å²) in [5.41, 5.74) is 4.18. The molecule has 0 radical (unpaired) electrons. The minimum absolute atomic E-state index is 0.0769. The number of rotatable bonds is 6. The summed E-state index contributed by atoms with van der Waals surface area (Å²) < 4.78 is 11.3. The predicted octanol–water partition coefficient (Wildman–Crippen LogP) is 4.13. The van der Waals surface area contributed by atoms with Gasteiger partial charge in [-0.1, -0.05) is 18.2 Å². The Balaban J connectivity index is 1.78. The van der Waals surface area contributed by atoms with E-state index < -0.39 is 0 Å². The van der Waals surface area contributed by atoms with Crippen LogP contribution in [0.15, 0.2) is 40.8 Å². The van der Waals surface area contributed by atoms with Gasteiger partial charge in [-0.25, -0.2) is 0 Å². The van der Waals surface area contributed by atoms with Crippen LogP contribution in [0.4, 0.5) is 5.69 Å². The Hall–Kier alpha value is -3.28. The Morgan fingerprint density at radius 2 is 1.82 bits per heavy atom. The van der Waals surface area contributed by atoms with E-state index in [-0.39, 0.29) is 18.4 Å². The lowest BCUT2D eigenvalue weighted by Crippen LogP contribution is -2.28. The summed E-state index contributed by atoms with van der Waals surface area (Å²) >= 11 is 0. The fraction of sp³-hybridized carbons (Fsp3) is 0.273. The summed E-state index contributed by atoms with van der Waals surface area (Å²) in [6, 6.07) is 10.9. The highest BCUT2D eigenvalue weighted by molar-refractivity contribution is 6.07. The number of hydrogen-bond donors (Lipinski definition) is 2. The van der Waals surface area contributed by atoms with Crippen LogP contribution in [0.1, 0.15) is 34.2 Å². The summed E-state index contributed by atoms with van der Waals surface area (Å²) in [7, 11) is 0. The second-order valence-electron chi connectivity index (χ2n) is 6.68. The predicted molar refractivity (Wildman–Crippen MR) is 109 cm³/mol. The molecule has 0 aliphatic carbocycles. The van der Waals surface area contributed by atoms with E-state index in [0.29, 0.717) is 23.7 Å². The minimum Gasteiger partial charge on any atom is -0.484 e. The normalized spacial score (nSPS) is 10.7. The molecular formula is C22H24N2O4. The number of likely N-dealkylation sites (N-methyl/N-ethyl adjacent to an activating group) is 1. The molecule has 0 saturated carbocycles. The van der Waals surface area contributed by atoms with Gasteiger partial charge in [-0.15, -0.1) is 0 Å². The molecule has 146 valence electrons. The molecule has 3 rings (SSSR count). The van der Waals surface area contributed by atoms with E-state index in [2.05, 4.69) is 10.6 Å². The number of furan rings is 1. The van der Waals surface area contributed by atoms with Crippen LogP contribution in [0.5, 0.6) is 5.75 Å². The number of hydrogen-bond acceptors (Lipinski definition) is 4. The third-order valence-electron chi connectivity index (χ3n) is 4.52. The van der Waals surface area contributed by atoms with Crippen LogP contribution in [-0.4, -0.2) is 25.0 Å².